The molecule has 0 bridgehead atoms. The van der Waals surface area contributed by atoms with Crippen molar-refractivity contribution >= 4 is 11.9 Å². The molecule has 2 aliphatic rings. The summed E-state index contributed by atoms with van der Waals surface area (Å²) in [6.07, 6.45) is 9.47. The van der Waals surface area contributed by atoms with Crippen molar-refractivity contribution in [3.05, 3.63) is 0 Å². The van der Waals surface area contributed by atoms with E-state index in [9.17, 15) is 9.59 Å². The normalized spacial score (nSPS) is 21.3. The average Bonchev–Trinajstić information content (AvgIpc) is 2.97. The molecule has 0 radical (unpaired) electrons. The highest BCUT2D eigenvalue weighted by Gasteiger charge is 2.30. The number of carbonyl (C=O) groups excluding carboxylic acids is 1. The van der Waals surface area contributed by atoms with E-state index in [2.05, 4.69) is 0 Å². The monoisotopic (exact) mass is 253 g/mol. The molecule has 0 aliphatic heterocycles. The van der Waals surface area contributed by atoms with Crippen molar-refractivity contribution in [1.82, 2.24) is 4.90 Å². The second-order valence-corrected chi connectivity index (χ2v) is 5.71. The molecule has 4 heteroatoms. The second kappa shape index (κ2) is 6.21. The lowest BCUT2D eigenvalue weighted by Gasteiger charge is -2.28. The van der Waals surface area contributed by atoms with Crippen LogP contribution in [0, 0.1) is 5.92 Å². The van der Waals surface area contributed by atoms with Gasteiger partial charge in [-0.1, -0.05) is 25.7 Å². The van der Waals surface area contributed by atoms with E-state index in [1.54, 1.807) is 4.90 Å². The van der Waals surface area contributed by atoms with Gasteiger partial charge in [0.05, 0.1) is 0 Å². The Morgan fingerprint density at radius 2 is 1.56 bits per heavy atom. The predicted molar refractivity (Wildman–Crippen MR) is 68.2 cm³/mol. The smallest absolute Gasteiger partial charge is 0.323 e. The van der Waals surface area contributed by atoms with E-state index in [4.69, 9.17) is 5.11 Å². The summed E-state index contributed by atoms with van der Waals surface area (Å²) in [6, 6.07) is 0.176. The molecule has 4 nitrogen and oxygen atoms in total. The third-order valence-corrected chi connectivity index (χ3v) is 4.33. The molecular weight excluding hydrogens is 230 g/mol. The minimum Gasteiger partial charge on any atom is -0.480 e. The molecule has 0 atom stereocenters. The molecule has 0 spiro atoms. The van der Waals surface area contributed by atoms with E-state index >= 15 is 0 Å². The molecule has 0 unspecified atom stereocenters. The van der Waals surface area contributed by atoms with Crippen LogP contribution < -0.4 is 0 Å². The van der Waals surface area contributed by atoms with Crippen molar-refractivity contribution < 1.29 is 14.7 Å². The number of carboxylic acids is 1. The second-order valence-electron chi connectivity index (χ2n) is 5.71. The fourth-order valence-corrected chi connectivity index (χ4v) is 3.36. The maximum atomic E-state index is 12.3. The molecule has 1 amide bonds. The fraction of sp³-hybridized carbons (Fsp3) is 0.857. The summed E-state index contributed by atoms with van der Waals surface area (Å²) in [6.45, 7) is -0.115. The van der Waals surface area contributed by atoms with Crippen molar-refractivity contribution in [1.29, 1.82) is 0 Å². The van der Waals surface area contributed by atoms with Gasteiger partial charge in [0.2, 0.25) is 5.91 Å². The molecule has 102 valence electrons. The SMILES string of the molecule is O=C(O)CN(C(=O)CC1CCCC1)C1CCCC1. The van der Waals surface area contributed by atoms with Crippen molar-refractivity contribution in [3.63, 3.8) is 0 Å². The average molecular weight is 253 g/mol. The first-order valence-electron chi connectivity index (χ1n) is 7.18. The molecule has 0 heterocycles. The minimum atomic E-state index is -0.887. The van der Waals surface area contributed by atoms with Crippen molar-refractivity contribution in [2.24, 2.45) is 5.92 Å². The van der Waals surface area contributed by atoms with Crippen LogP contribution in [0.1, 0.15) is 57.8 Å². The number of nitrogens with zero attached hydrogens (tertiary/aromatic N) is 1. The van der Waals surface area contributed by atoms with Gasteiger partial charge in [-0.15, -0.1) is 0 Å². The van der Waals surface area contributed by atoms with E-state index in [1.807, 2.05) is 0 Å². The molecule has 1 N–H and O–H groups in total. The first-order chi connectivity index (χ1) is 8.66. The Morgan fingerprint density at radius 1 is 1.00 bits per heavy atom. The quantitative estimate of drug-likeness (QED) is 0.818. The van der Waals surface area contributed by atoms with Crippen molar-refractivity contribution in [3.8, 4) is 0 Å². The molecule has 0 aromatic rings. The molecule has 2 aliphatic carbocycles. The van der Waals surface area contributed by atoms with Gasteiger partial charge in [-0.05, 0) is 31.6 Å². The minimum absolute atomic E-state index is 0.0659. The topological polar surface area (TPSA) is 57.6 Å². The van der Waals surface area contributed by atoms with Crippen LogP contribution in [0.25, 0.3) is 0 Å². The Kier molecular flexibility index (Phi) is 4.61. The van der Waals surface area contributed by atoms with E-state index in [0.717, 1.165) is 38.5 Å². The van der Waals surface area contributed by atoms with Crippen LogP contribution in [0.5, 0.6) is 0 Å². The Morgan fingerprint density at radius 3 is 2.11 bits per heavy atom. The number of aliphatic carboxylic acids is 1. The summed E-state index contributed by atoms with van der Waals surface area (Å²) >= 11 is 0. The van der Waals surface area contributed by atoms with E-state index in [-0.39, 0.29) is 18.5 Å². The van der Waals surface area contributed by atoms with Gasteiger partial charge in [0, 0.05) is 12.5 Å². The Labute approximate surface area is 108 Å². The van der Waals surface area contributed by atoms with Crippen LogP contribution >= 0.6 is 0 Å². The van der Waals surface area contributed by atoms with E-state index < -0.39 is 5.97 Å². The number of amides is 1. The van der Waals surface area contributed by atoms with Gasteiger partial charge in [-0.25, -0.2) is 0 Å². The summed E-state index contributed by atoms with van der Waals surface area (Å²) in [5.41, 5.74) is 0. The maximum absolute atomic E-state index is 12.3. The van der Waals surface area contributed by atoms with Crippen LogP contribution in [0.4, 0.5) is 0 Å². The maximum Gasteiger partial charge on any atom is 0.323 e. The molecule has 0 aromatic carbocycles. The zero-order valence-electron chi connectivity index (χ0n) is 10.9. The largest absolute Gasteiger partial charge is 0.480 e. The summed E-state index contributed by atoms with van der Waals surface area (Å²) < 4.78 is 0. The highest BCUT2D eigenvalue weighted by molar-refractivity contribution is 5.81. The summed E-state index contributed by atoms with van der Waals surface area (Å²) in [5, 5.41) is 8.96. The van der Waals surface area contributed by atoms with E-state index in [0.29, 0.717) is 12.3 Å². The molecule has 2 rings (SSSR count). The van der Waals surface area contributed by atoms with Gasteiger partial charge in [0.1, 0.15) is 6.54 Å². The van der Waals surface area contributed by atoms with Gasteiger partial charge >= 0.3 is 5.97 Å². The summed E-state index contributed by atoms with van der Waals surface area (Å²) in [5.74, 6) is -0.326. The Bertz CT molecular complexity index is 304. The highest BCUT2D eigenvalue weighted by Crippen LogP contribution is 2.30. The highest BCUT2D eigenvalue weighted by atomic mass is 16.4. The molecule has 2 saturated carbocycles. The van der Waals surface area contributed by atoms with Crippen LogP contribution in [0.2, 0.25) is 0 Å². The fourth-order valence-electron chi connectivity index (χ4n) is 3.36. The molecule has 2 fully saturated rings. The van der Waals surface area contributed by atoms with Gasteiger partial charge < -0.3 is 10.0 Å². The van der Waals surface area contributed by atoms with Crippen LogP contribution in [-0.2, 0) is 9.59 Å². The number of hydrogen-bond donors (Lipinski definition) is 1. The van der Waals surface area contributed by atoms with Gasteiger partial charge in [-0.2, -0.15) is 0 Å². The lowest BCUT2D eigenvalue weighted by molar-refractivity contribution is -0.146. The summed E-state index contributed by atoms with van der Waals surface area (Å²) in [4.78, 5) is 24.8. The van der Waals surface area contributed by atoms with Crippen LogP contribution in [0.3, 0.4) is 0 Å². The third kappa shape index (κ3) is 3.47. The lowest BCUT2D eigenvalue weighted by atomic mass is 10.0. The number of hydrogen-bond acceptors (Lipinski definition) is 2. The molecule has 18 heavy (non-hydrogen) atoms. The number of rotatable bonds is 5. The van der Waals surface area contributed by atoms with E-state index in [1.165, 1.54) is 12.8 Å². The van der Waals surface area contributed by atoms with Gasteiger partial charge in [0.25, 0.3) is 0 Å². The Hall–Kier alpha value is -1.06. The van der Waals surface area contributed by atoms with Crippen molar-refractivity contribution in [2.45, 2.75) is 63.8 Å². The standard InChI is InChI=1S/C14H23NO3/c16-13(9-11-5-1-2-6-11)15(10-14(17)18)12-7-3-4-8-12/h11-12H,1-10H2,(H,17,18). The molecule has 0 saturated heterocycles. The molecule has 0 aromatic heterocycles. The lowest BCUT2D eigenvalue weighted by Crippen LogP contribution is -2.42. The number of carboxylic acid groups (broad SMARTS) is 1. The number of carbonyl (C=O) groups is 2. The zero-order valence-corrected chi connectivity index (χ0v) is 10.9. The first-order valence-corrected chi connectivity index (χ1v) is 7.18. The van der Waals surface area contributed by atoms with Gasteiger partial charge in [0.15, 0.2) is 0 Å². The van der Waals surface area contributed by atoms with Gasteiger partial charge in [-0.3, -0.25) is 9.59 Å². The Balaban J connectivity index is 1.93. The predicted octanol–water partition coefficient (Wildman–Crippen LogP) is 2.42. The van der Waals surface area contributed by atoms with Crippen LogP contribution in [0.15, 0.2) is 0 Å². The first kappa shape index (κ1) is 13.4. The van der Waals surface area contributed by atoms with Crippen molar-refractivity contribution in [2.75, 3.05) is 6.54 Å². The summed E-state index contributed by atoms with van der Waals surface area (Å²) in [7, 11) is 0. The zero-order chi connectivity index (χ0) is 13.0. The van der Waals surface area contributed by atoms with Crippen LogP contribution in [-0.4, -0.2) is 34.5 Å². The molecular formula is C14H23NO3. The third-order valence-electron chi connectivity index (χ3n) is 4.33.